The summed E-state index contributed by atoms with van der Waals surface area (Å²) < 4.78 is 21.5. The number of hydrogen-bond donors (Lipinski definition) is 1. The van der Waals surface area contributed by atoms with Crippen molar-refractivity contribution in [1.82, 2.24) is 5.32 Å². The molecular formula is C16H25ClN2O3S2. The molecule has 1 aromatic rings. The SMILES string of the molecule is C[C@H](NC(=O)OC(C)(C)C)C(=NS(=O)C(C)(C)C)c1sccc1Cl. The number of carbonyl (C=O) groups excluding carboxylic acids is 1. The van der Waals surface area contributed by atoms with Crippen molar-refractivity contribution < 1.29 is 13.7 Å². The molecule has 0 aliphatic carbocycles. The average molecular weight is 393 g/mol. The summed E-state index contributed by atoms with van der Waals surface area (Å²) in [6.07, 6.45) is -0.558. The largest absolute Gasteiger partial charge is 0.444 e. The molecule has 0 aliphatic rings. The summed E-state index contributed by atoms with van der Waals surface area (Å²) in [6.45, 7) is 12.6. The molecule has 0 spiro atoms. The van der Waals surface area contributed by atoms with Gasteiger partial charge >= 0.3 is 6.09 Å². The van der Waals surface area contributed by atoms with Crippen LogP contribution in [-0.2, 0) is 15.7 Å². The zero-order valence-electron chi connectivity index (χ0n) is 15.1. The number of nitrogens with one attached hydrogen (secondary N) is 1. The van der Waals surface area contributed by atoms with E-state index in [4.69, 9.17) is 16.3 Å². The van der Waals surface area contributed by atoms with Crippen LogP contribution in [0, 0.1) is 0 Å². The van der Waals surface area contributed by atoms with Crippen molar-refractivity contribution >= 4 is 45.7 Å². The van der Waals surface area contributed by atoms with E-state index in [9.17, 15) is 9.00 Å². The lowest BCUT2D eigenvalue weighted by molar-refractivity contribution is 0.0521. The van der Waals surface area contributed by atoms with Gasteiger partial charge in [0.15, 0.2) is 0 Å². The highest BCUT2D eigenvalue weighted by atomic mass is 35.5. The van der Waals surface area contributed by atoms with Gasteiger partial charge in [-0.25, -0.2) is 9.00 Å². The van der Waals surface area contributed by atoms with Crippen molar-refractivity contribution in [3.05, 3.63) is 21.3 Å². The summed E-state index contributed by atoms with van der Waals surface area (Å²) in [5, 5.41) is 5.07. The Labute approximate surface area is 155 Å². The minimum absolute atomic E-state index is 0.481. The minimum Gasteiger partial charge on any atom is -0.444 e. The van der Waals surface area contributed by atoms with Gasteiger partial charge in [0.2, 0.25) is 0 Å². The third-order valence-corrected chi connectivity index (χ3v) is 5.47. The molecule has 136 valence electrons. The maximum Gasteiger partial charge on any atom is 0.408 e. The van der Waals surface area contributed by atoms with Gasteiger partial charge in [-0.1, -0.05) is 11.6 Å². The molecule has 1 N–H and O–H groups in total. The first-order valence-corrected chi connectivity index (χ1v) is 9.91. The number of nitrogens with zero attached hydrogens (tertiary/aromatic N) is 1. The molecule has 24 heavy (non-hydrogen) atoms. The number of carbonyl (C=O) groups is 1. The fraction of sp³-hybridized carbons (Fsp3) is 0.625. The third kappa shape index (κ3) is 6.53. The van der Waals surface area contributed by atoms with Crippen LogP contribution >= 0.6 is 22.9 Å². The monoisotopic (exact) mass is 392 g/mol. The molecule has 0 aromatic carbocycles. The Balaban J connectivity index is 3.11. The highest BCUT2D eigenvalue weighted by Gasteiger charge is 2.26. The van der Waals surface area contributed by atoms with Crippen LogP contribution in [0.3, 0.4) is 0 Å². The highest BCUT2D eigenvalue weighted by Crippen LogP contribution is 2.26. The van der Waals surface area contributed by atoms with E-state index in [1.54, 1.807) is 33.8 Å². The Morgan fingerprint density at radius 2 is 1.92 bits per heavy atom. The third-order valence-electron chi connectivity index (χ3n) is 2.70. The maximum absolute atomic E-state index is 12.4. The number of halogens is 1. The lowest BCUT2D eigenvalue weighted by Crippen LogP contribution is -2.42. The molecule has 0 saturated carbocycles. The molecule has 0 saturated heterocycles. The molecule has 2 atom stereocenters. The molecule has 0 radical (unpaired) electrons. The first-order chi connectivity index (χ1) is 10.8. The normalized spacial score (nSPS) is 15.8. The quantitative estimate of drug-likeness (QED) is 0.763. The van der Waals surface area contributed by atoms with Gasteiger partial charge in [-0.2, -0.15) is 4.40 Å². The number of alkyl carbamates (subject to hydrolysis) is 1. The van der Waals surface area contributed by atoms with Crippen LogP contribution in [0.15, 0.2) is 15.8 Å². The van der Waals surface area contributed by atoms with E-state index in [0.717, 1.165) is 0 Å². The summed E-state index contributed by atoms with van der Waals surface area (Å²) in [4.78, 5) is 12.7. The Hall–Kier alpha value is -0.920. The minimum atomic E-state index is -1.47. The van der Waals surface area contributed by atoms with E-state index in [1.807, 2.05) is 26.2 Å². The second kappa shape index (κ2) is 7.97. The number of rotatable bonds is 4. The zero-order valence-corrected chi connectivity index (χ0v) is 17.5. The van der Waals surface area contributed by atoms with Gasteiger partial charge in [0.25, 0.3) is 0 Å². The molecule has 1 amide bonds. The van der Waals surface area contributed by atoms with Crippen molar-refractivity contribution in [2.45, 2.75) is 64.9 Å². The van der Waals surface area contributed by atoms with E-state index in [-0.39, 0.29) is 0 Å². The summed E-state index contributed by atoms with van der Waals surface area (Å²) in [5.74, 6) is 0. The van der Waals surface area contributed by atoms with Crippen molar-refractivity contribution in [1.29, 1.82) is 0 Å². The molecule has 0 bridgehead atoms. The van der Waals surface area contributed by atoms with Crippen LogP contribution < -0.4 is 5.32 Å². The van der Waals surface area contributed by atoms with Gasteiger partial charge in [0, 0.05) is 0 Å². The van der Waals surface area contributed by atoms with Gasteiger partial charge in [-0.15, -0.1) is 11.3 Å². The Morgan fingerprint density at radius 3 is 2.33 bits per heavy atom. The van der Waals surface area contributed by atoms with Crippen molar-refractivity contribution in [2.24, 2.45) is 4.40 Å². The standard InChI is InChI=1S/C16H25ClN2O3S2/c1-10(18-14(20)22-15(2,3)4)12(13-11(17)8-9-23-13)19-24(21)16(5,6)7/h8-10H,1-7H3,(H,18,20)/t10-,24?/m0/s1. The molecule has 1 heterocycles. The van der Waals surface area contributed by atoms with E-state index in [1.165, 1.54) is 11.3 Å². The maximum atomic E-state index is 12.4. The summed E-state index contributed by atoms with van der Waals surface area (Å²) >= 11 is 7.60. The number of ether oxygens (including phenoxy) is 1. The Kier molecular flexibility index (Phi) is 7.02. The topological polar surface area (TPSA) is 67.8 Å². The first kappa shape index (κ1) is 21.1. The molecule has 1 aromatic heterocycles. The van der Waals surface area contributed by atoms with Gasteiger partial charge in [-0.05, 0) is 59.9 Å². The van der Waals surface area contributed by atoms with Gasteiger partial charge < -0.3 is 10.1 Å². The Bertz CT molecular complexity index is 642. The van der Waals surface area contributed by atoms with Crippen molar-refractivity contribution in [3.8, 4) is 0 Å². The molecule has 1 unspecified atom stereocenters. The second-order valence-corrected chi connectivity index (χ2v) is 10.5. The van der Waals surface area contributed by atoms with E-state index >= 15 is 0 Å². The molecule has 0 aliphatic heterocycles. The molecule has 5 nitrogen and oxygen atoms in total. The fourth-order valence-electron chi connectivity index (χ4n) is 1.57. The number of hydrogen-bond acceptors (Lipinski definition) is 4. The second-order valence-electron chi connectivity index (χ2n) is 7.30. The average Bonchev–Trinajstić information content (AvgIpc) is 2.77. The van der Waals surface area contributed by atoms with Crippen molar-refractivity contribution in [2.75, 3.05) is 0 Å². The van der Waals surface area contributed by atoms with E-state index in [0.29, 0.717) is 15.6 Å². The fourth-order valence-corrected chi connectivity index (χ4v) is 3.56. The lowest BCUT2D eigenvalue weighted by atomic mass is 10.1. The van der Waals surface area contributed by atoms with E-state index in [2.05, 4.69) is 9.71 Å². The number of thiophene rings is 1. The first-order valence-electron chi connectivity index (χ1n) is 7.54. The highest BCUT2D eigenvalue weighted by molar-refractivity contribution is 7.85. The smallest absolute Gasteiger partial charge is 0.408 e. The molecule has 0 fully saturated rings. The molecular weight excluding hydrogens is 368 g/mol. The van der Waals surface area contributed by atoms with Crippen LogP contribution in [0.25, 0.3) is 0 Å². The Morgan fingerprint density at radius 1 is 1.33 bits per heavy atom. The van der Waals surface area contributed by atoms with Crippen LogP contribution in [0.4, 0.5) is 4.79 Å². The lowest BCUT2D eigenvalue weighted by Gasteiger charge is -2.23. The van der Waals surface area contributed by atoms with Gasteiger partial charge in [0.1, 0.15) is 16.6 Å². The summed E-state index contributed by atoms with van der Waals surface area (Å²) in [6, 6.07) is 1.25. The number of amides is 1. The molecule has 1 rings (SSSR count). The van der Waals surface area contributed by atoms with Crippen LogP contribution in [0.1, 0.15) is 53.3 Å². The van der Waals surface area contributed by atoms with Crippen LogP contribution in [-0.4, -0.2) is 32.4 Å². The van der Waals surface area contributed by atoms with Crippen LogP contribution in [0.5, 0.6) is 0 Å². The predicted molar refractivity (Wildman–Crippen MR) is 103 cm³/mol. The summed E-state index contributed by atoms with van der Waals surface area (Å²) in [7, 11) is -1.47. The van der Waals surface area contributed by atoms with E-state index < -0.39 is 33.5 Å². The predicted octanol–water partition coefficient (Wildman–Crippen LogP) is 4.57. The summed E-state index contributed by atoms with van der Waals surface area (Å²) in [5.41, 5.74) is -0.121. The zero-order chi connectivity index (χ0) is 18.7. The van der Waals surface area contributed by atoms with Gasteiger partial charge in [-0.3, -0.25) is 0 Å². The van der Waals surface area contributed by atoms with Crippen LogP contribution in [0.2, 0.25) is 5.02 Å². The molecule has 8 heteroatoms. The van der Waals surface area contributed by atoms with Crippen molar-refractivity contribution in [3.63, 3.8) is 0 Å². The van der Waals surface area contributed by atoms with Gasteiger partial charge in [0.05, 0.1) is 26.4 Å².